The van der Waals surface area contributed by atoms with Gasteiger partial charge in [0.1, 0.15) is 0 Å². The SMILES string of the molecule is Cc1ccc(NC(C)C)c(NC(=O)[C@H]2C[C@H]3CC[C@H]2O3)c1. The van der Waals surface area contributed by atoms with Crippen LogP contribution >= 0.6 is 0 Å². The summed E-state index contributed by atoms with van der Waals surface area (Å²) in [7, 11) is 0. The summed E-state index contributed by atoms with van der Waals surface area (Å²) in [4.78, 5) is 12.5. The first-order valence-corrected chi connectivity index (χ1v) is 7.86. The average molecular weight is 288 g/mol. The molecule has 0 saturated carbocycles. The number of hydrogen-bond donors (Lipinski definition) is 2. The lowest BCUT2D eigenvalue weighted by Gasteiger charge is -2.21. The fourth-order valence-electron chi connectivity index (χ4n) is 3.34. The van der Waals surface area contributed by atoms with E-state index in [1.807, 2.05) is 19.1 Å². The van der Waals surface area contributed by atoms with Crippen molar-refractivity contribution < 1.29 is 9.53 Å². The van der Waals surface area contributed by atoms with Crippen LogP contribution in [0, 0.1) is 12.8 Å². The molecule has 0 aliphatic carbocycles. The van der Waals surface area contributed by atoms with Gasteiger partial charge in [-0.2, -0.15) is 0 Å². The van der Waals surface area contributed by atoms with Gasteiger partial charge in [0, 0.05) is 6.04 Å². The van der Waals surface area contributed by atoms with Crippen LogP contribution in [0.4, 0.5) is 11.4 Å². The van der Waals surface area contributed by atoms with E-state index in [1.165, 1.54) is 0 Å². The van der Waals surface area contributed by atoms with E-state index < -0.39 is 0 Å². The molecule has 4 heteroatoms. The van der Waals surface area contributed by atoms with Gasteiger partial charge in [0.05, 0.1) is 29.5 Å². The summed E-state index contributed by atoms with van der Waals surface area (Å²) in [6.07, 6.45) is 3.43. The molecule has 2 N–H and O–H groups in total. The Morgan fingerprint density at radius 2 is 2.10 bits per heavy atom. The van der Waals surface area contributed by atoms with Crippen LogP contribution in [0.1, 0.15) is 38.7 Å². The minimum atomic E-state index is 0.0103. The molecular formula is C17H24N2O2. The summed E-state index contributed by atoms with van der Waals surface area (Å²) >= 11 is 0. The number of hydrogen-bond acceptors (Lipinski definition) is 3. The lowest BCUT2D eigenvalue weighted by Crippen LogP contribution is -2.31. The predicted molar refractivity (Wildman–Crippen MR) is 84.6 cm³/mol. The van der Waals surface area contributed by atoms with Gasteiger partial charge in [-0.3, -0.25) is 4.79 Å². The van der Waals surface area contributed by atoms with Crippen molar-refractivity contribution in [1.29, 1.82) is 0 Å². The van der Waals surface area contributed by atoms with Crippen LogP contribution < -0.4 is 10.6 Å². The molecule has 21 heavy (non-hydrogen) atoms. The highest BCUT2D eigenvalue weighted by molar-refractivity contribution is 5.96. The quantitative estimate of drug-likeness (QED) is 0.893. The maximum atomic E-state index is 12.5. The van der Waals surface area contributed by atoms with Gasteiger partial charge in [0.15, 0.2) is 0 Å². The third kappa shape index (κ3) is 3.05. The van der Waals surface area contributed by atoms with Gasteiger partial charge in [0.25, 0.3) is 0 Å². The van der Waals surface area contributed by atoms with Gasteiger partial charge < -0.3 is 15.4 Å². The predicted octanol–water partition coefficient (Wildman–Crippen LogP) is 3.32. The van der Waals surface area contributed by atoms with Gasteiger partial charge in [-0.05, 0) is 57.7 Å². The van der Waals surface area contributed by atoms with Crippen molar-refractivity contribution in [1.82, 2.24) is 0 Å². The Hall–Kier alpha value is -1.55. The molecule has 1 amide bonds. The molecule has 0 aromatic heterocycles. The van der Waals surface area contributed by atoms with Crippen molar-refractivity contribution in [3.05, 3.63) is 23.8 Å². The summed E-state index contributed by atoms with van der Waals surface area (Å²) in [6.45, 7) is 6.22. The van der Waals surface area contributed by atoms with Gasteiger partial charge in [-0.1, -0.05) is 6.07 Å². The van der Waals surface area contributed by atoms with Crippen molar-refractivity contribution in [2.24, 2.45) is 5.92 Å². The second-order valence-electron chi connectivity index (χ2n) is 6.55. The second kappa shape index (κ2) is 5.68. The number of carbonyl (C=O) groups excluding carboxylic acids is 1. The van der Waals surface area contributed by atoms with Gasteiger partial charge in [0.2, 0.25) is 5.91 Å². The molecule has 1 aromatic rings. The van der Waals surface area contributed by atoms with E-state index in [-0.39, 0.29) is 17.9 Å². The molecule has 2 aliphatic heterocycles. The Morgan fingerprint density at radius 3 is 2.71 bits per heavy atom. The van der Waals surface area contributed by atoms with Gasteiger partial charge in [-0.25, -0.2) is 0 Å². The van der Waals surface area contributed by atoms with Crippen LogP contribution in [0.15, 0.2) is 18.2 Å². The van der Waals surface area contributed by atoms with E-state index in [0.29, 0.717) is 12.1 Å². The molecule has 2 fully saturated rings. The molecule has 0 spiro atoms. The molecule has 4 nitrogen and oxygen atoms in total. The molecule has 2 saturated heterocycles. The highest BCUT2D eigenvalue weighted by Gasteiger charge is 2.44. The molecular weight excluding hydrogens is 264 g/mol. The number of nitrogens with one attached hydrogen (secondary N) is 2. The largest absolute Gasteiger partial charge is 0.381 e. The molecule has 1 aromatic carbocycles. The van der Waals surface area contributed by atoms with E-state index >= 15 is 0 Å². The summed E-state index contributed by atoms with van der Waals surface area (Å²) in [5, 5.41) is 6.49. The van der Waals surface area contributed by atoms with Crippen molar-refractivity contribution in [2.45, 2.75) is 58.3 Å². The van der Waals surface area contributed by atoms with Crippen molar-refractivity contribution in [2.75, 3.05) is 10.6 Å². The Labute approximate surface area is 126 Å². The number of amides is 1. The van der Waals surface area contributed by atoms with Crippen molar-refractivity contribution >= 4 is 17.3 Å². The van der Waals surface area contributed by atoms with Crippen molar-refractivity contribution in [3.8, 4) is 0 Å². The summed E-state index contributed by atoms with van der Waals surface area (Å²) in [5.74, 6) is 0.107. The standard InChI is InChI=1S/C17H24N2O2/c1-10(2)18-14-6-4-11(3)8-15(14)19-17(20)13-9-12-5-7-16(13)21-12/h4,6,8,10,12-13,16,18H,5,7,9H2,1-3H3,(H,19,20)/t12-,13+,16-/m1/s1. The number of fused-ring (bicyclic) bond motifs is 2. The fourth-order valence-corrected chi connectivity index (χ4v) is 3.34. The lowest BCUT2D eigenvalue weighted by atomic mass is 9.88. The minimum absolute atomic E-state index is 0.0103. The van der Waals surface area contributed by atoms with Crippen LogP contribution in [0.2, 0.25) is 0 Å². The Bertz CT molecular complexity index is 542. The maximum Gasteiger partial charge on any atom is 0.230 e. The molecule has 2 bridgehead atoms. The van der Waals surface area contributed by atoms with Crippen LogP contribution in [-0.2, 0) is 9.53 Å². The van der Waals surface area contributed by atoms with E-state index in [9.17, 15) is 4.79 Å². The first-order valence-electron chi connectivity index (χ1n) is 7.86. The number of benzene rings is 1. The van der Waals surface area contributed by atoms with Crippen LogP contribution in [0.3, 0.4) is 0 Å². The Balaban J connectivity index is 1.74. The summed E-state index contributed by atoms with van der Waals surface area (Å²) < 4.78 is 5.79. The average Bonchev–Trinajstić information content (AvgIpc) is 3.04. The topological polar surface area (TPSA) is 50.4 Å². The molecule has 2 heterocycles. The summed E-state index contributed by atoms with van der Waals surface area (Å²) in [5.41, 5.74) is 2.99. The lowest BCUT2D eigenvalue weighted by molar-refractivity contribution is -0.121. The van der Waals surface area contributed by atoms with Crippen LogP contribution in [0.25, 0.3) is 0 Å². The van der Waals surface area contributed by atoms with Gasteiger partial charge in [-0.15, -0.1) is 0 Å². The Morgan fingerprint density at radius 1 is 1.29 bits per heavy atom. The summed E-state index contributed by atoms with van der Waals surface area (Å²) in [6, 6.07) is 6.44. The maximum absolute atomic E-state index is 12.5. The van der Waals surface area contributed by atoms with Crippen LogP contribution in [-0.4, -0.2) is 24.2 Å². The highest BCUT2D eigenvalue weighted by atomic mass is 16.5. The normalized spacial score (nSPS) is 27.1. The van der Waals surface area contributed by atoms with Gasteiger partial charge >= 0.3 is 0 Å². The third-order valence-electron chi connectivity index (χ3n) is 4.32. The highest BCUT2D eigenvalue weighted by Crippen LogP contribution is 2.39. The third-order valence-corrected chi connectivity index (χ3v) is 4.32. The second-order valence-corrected chi connectivity index (χ2v) is 6.55. The van der Waals surface area contributed by atoms with E-state index in [0.717, 1.165) is 36.2 Å². The number of rotatable bonds is 4. The zero-order valence-corrected chi connectivity index (χ0v) is 13.0. The Kier molecular flexibility index (Phi) is 3.89. The van der Waals surface area contributed by atoms with E-state index in [2.05, 4.69) is 30.5 Å². The smallest absolute Gasteiger partial charge is 0.230 e. The molecule has 114 valence electrons. The molecule has 0 unspecified atom stereocenters. The zero-order valence-electron chi connectivity index (χ0n) is 13.0. The number of aryl methyl sites for hydroxylation is 1. The monoisotopic (exact) mass is 288 g/mol. The van der Waals surface area contributed by atoms with Crippen molar-refractivity contribution in [3.63, 3.8) is 0 Å². The fraction of sp³-hybridized carbons (Fsp3) is 0.588. The molecule has 3 atom stereocenters. The number of anilines is 2. The molecule has 0 radical (unpaired) electrons. The number of carbonyl (C=O) groups is 1. The first-order chi connectivity index (χ1) is 10.0. The minimum Gasteiger partial charge on any atom is -0.381 e. The molecule has 3 rings (SSSR count). The number of ether oxygens (including phenoxy) is 1. The molecule has 2 aliphatic rings. The van der Waals surface area contributed by atoms with E-state index in [4.69, 9.17) is 4.74 Å². The first kappa shape index (κ1) is 14.4. The zero-order chi connectivity index (χ0) is 15.0. The van der Waals surface area contributed by atoms with E-state index in [1.54, 1.807) is 0 Å². The van der Waals surface area contributed by atoms with Crippen LogP contribution in [0.5, 0.6) is 0 Å².